The van der Waals surface area contributed by atoms with E-state index < -0.39 is 0 Å². The monoisotopic (exact) mass is 336 g/mol. The van der Waals surface area contributed by atoms with E-state index in [1.165, 1.54) is 48.2 Å². The van der Waals surface area contributed by atoms with Gasteiger partial charge in [-0.2, -0.15) is 0 Å². The number of thiocarbonyl (C=S) groups is 1. The molecule has 1 saturated heterocycles. The molecule has 2 aliphatic rings. The number of hydrogen-bond donors (Lipinski definition) is 0. The van der Waals surface area contributed by atoms with E-state index in [1.54, 1.807) is 0 Å². The molecule has 2 fully saturated rings. The fraction of sp³-hybridized carbons (Fsp3) is 0.381. The minimum Gasteiger partial charge on any atom is -0.313 e. The highest BCUT2D eigenvalue weighted by Gasteiger charge is 2.46. The summed E-state index contributed by atoms with van der Waals surface area (Å²) in [7, 11) is 0. The molecule has 0 unspecified atom stereocenters. The molecule has 2 aromatic rings. The van der Waals surface area contributed by atoms with Crippen LogP contribution in [-0.4, -0.2) is 17.2 Å². The summed E-state index contributed by atoms with van der Waals surface area (Å²) in [6.07, 6.45) is 5.05. The molecule has 2 atom stereocenters. The summed E-state index contributed by atoms with van der Waals surface area (Å²) in [6.45, 7) is 4.37. The Bertz CT molecular complexity index is 706. The third-order valence-electron chi connectivity index (χ3n) is 5.52. The number of fused-ring (bicyclic) bond motifs is 1. The molecule has 1 aliphatic heterocycles. The van der Waals surface area contributed by atoms with Gasteiger partial charge in [0.05, 0.1) is 12.1 Å². The van der Waals surface area contributed by atoms with Gasteiger partial charge >= 0.3 is 0 Å². The smallest absolute Gasteiger partial charge is 0.181 e. The number of anilines is 2. The summed E-state index contributed by atoms with van der Waals surface area (Å²) in [5, 5.41) is 0.968. The topological polar surface area (TPSA) is 6.48 Å². The van der Waals surface area contributed by atoms with Gasteiger partial charge in [-0.3, -0.25) is 0 Å². The number of para-hydroxylation sites is 2. The Morgan fingerprint density at radius 2 is 1.17 bits per heavy atom. The molecule has 0 aromatic heterocycles. The third kappa shape index (κ3) is 2.42. The quantitative estimate of drug-likeness (QED) is 0.694. The molecule has 0 radical (unpaired) electrons. The predicted molar refractivity (Wildman–Crippen MR) is 106 cm³/mol. The summed E-state index contributed by atoms with van der Waals surface area (Å²) in [4.78, 5) is 4.86. The van der Waals surface area contributed by atoms with Crippen LogP contribution in [0.25, 0.3) is 0 Å². The van der Waals surface area contributed by atoms with Gasteiger partial charge in [0.2, 0.25) is 0 Å². The van der Waals surface area contributed by atoms with E-state index in [0.717, 1.165) is 5.11 Å². The highest BCUT2D eigenvalue weighted by atomic mass is 32.1. The first-order chi connectivity index (χ1) is 11.7. The van der Waals surface area contributed by atoms with Crippen molar-refractivity contribution < 1.29 is 0 Å². The Morgan fingerprint density at radius 1 is 0.750 bits per heavy atom. The van der Waals surface area contributed by atoms with Crippen LogP contribution in [0.4, 0.5) is 11.4 Å². The van der Waals surface area contributed by atoms with Crippen molar-refractivity contribution in [3.05, 3.63) is 59.7 Å². The lowest BCUT2D eigenvalue weighted by atomic mass is 9.89. The maximum atomic E-state index is 6.01. The molecular weight excluding hydrogens is 312 g/mol. The van der Waals surface area contributed by atoms with Gasteiger partial charge in [-0.05, 0) is 62.2 Å². The maximum absolute atomic E-state index is 6.01. The first-order valence-electron chi connectivity index (χ1n) is 8.92. The Hall–Kier alpha value is -1.87. The lowest BCUT2D eigenvalue weighted by Gasteiger charge is -2.33. The first-order valence-corrected chi connectivity index (χ1v) is 9.33. The zero-order valence-corrected chi connectivity index (χ0v) is 15.2. The highest BCUT2D eigenvalue weighted by molar-refractivity contribution is 7.80. The van der Waals surface area contributed by atoms with Gasteiger partial charge in [0.25, 0.3) is 0 Å². The van der Waals surface area contributed by atoms with E-state index in [0.29, 0.717) is 12.1 Å². The minimum atomic E-state index is 0.493. The number of nitrogens with zero attached hydrogens (tertiary/aromatic N) is 2. The number of benzene rings is 2. The Labute approximate surface area is 150 Å². The van der Waals surface area contributed by atoms with Gasteiger partial charge in [0.15, 0.2) is 5.11 Å². The van der Waals surface area contributed by atoms with Crippen molar-refractivity contribution in [2.75, 3.05) is 9.80 Å². The second-order valence-corrected chi connectivity index (χ2v) is 7.38. The SMILES string of the molecule is Cc1ccccc1N1C(=S)N(c2ccccc2C)[C@@H]2CCCC[C@H]21. The standard InChI is InChI=1S/C21H24N2S/c1-15-9-3-5-11-17(15)22-19-13-7-8-14-20(19)23(21(22)24)18-12-6-4-10-16(18)2/h3-6,9-12,19-20H,7-8,13-14H2,1-2H3/t19-,20-/m1/s1. The number of hydrogen-bond acceptors (Lipinski definition) is 1. The number of rotatable bonds is 2. The summed E-state index contributed by atoms with van der Waals surface area (Å²) in [5.74, 6) is 0. The molecular formula is C21H24N2S. The van der Waals surface area contributed by atoms with Gasteiger partial charge in [0.1, 0.15) is 0 Å². The molecule has 0 amide bonds. The van der Waals surface area contributed by atoms with E-state index in [9.17, 15) is 0 Å². The summed E-state index contributed by atoms with van der Waals surface area (Å²) >= 11 is 6.01. The van der Waals surface area contributed by atoms with Crippen LogP contribution in [0.1, 0.15) is 36.8 Å². The van der Waals surface area contributed by atoms with Crippen molar-refractivity contribution in [3.8, 4) is 0 Å². The van der Waals surface area contributed by atoms with E-state index in [2.05, 4.69) is 72.2 Å². The van der Waals surface area contributed by atoms with Gasteiger partial charge in [-0.15, -0.1) is 0 Å². The Balaban J connectivity index is 1.81. The summed E-state index contributed by atoms with van der Waals surface area (Å²) in [6, 6.07) is 18.3. The molecule has 24 heavy (non-hydrogen) atoms. The zero-order chi connectivity index (χ0) is 16.7. The lowest BCUT2D eigenvalue weighted by molar-refractivity contribution is 0.409. The van der Waals surface area contributed by atoms with Crippen molar-refractivity contribution in [1.29, 1.82) is 0 Å². The van der Waals surface area contributed by atoms with E-state index in [-0.39, 0.29) is 0 Å². The predicted octanol–water partition coefficient (Wildman–Crippen LogP) is 5.23. The highest BCUT2D eigenvalue weighted by Crippen LogP contribution is 2.41. The molecule has 0 spiro atoms. The maximum Gasteiger partial charge on any atom is 0.181 e. The fourth-order valence-corrected chi connectivity index (χ4v) is 4.79. The van der Waals surface area contributed by atoms with Gasteiger partial charge in [-0.1, -0.05) is 49.2 Å². The Morgan fingerprint density at radius 3 is 1.58 bits per heavy atom. The molecule has 3 heteroatoms. The van der Waals surface area contributed by atoms with Crippen LogP contribution in [0.3, 0.4) is 0 Å². The van der Waals surface area contributed by atoms with Crippen LogP contribution in [0, 0.1) is 13.8 Å². The van der Waals surface area contributed by atoms with Crippen molar-refractivity contribution in [2.24, 2.45) is 0 Å². The third-order valence-corrected chi connectivity index (χ3v) is 5.91. The van der Waals surface area contributed by atoms with Crippen molar-refractivity contribution in [3.63, 3.8) is 0 Å². The van der Waals surface area contributed by atoms with E-state index in [1.807, 2.05) is 0 Å². The van der Waals surface area contributed by atoms with E-state index >= 15 is 0 Å². The van der Waals surface area contributed by atoms with Crippen molar-refractivity contribution in [1.82, 2.24) is 0 Å². The average molecular weight is 337 g/mol. The van der Waals surface area contributed by atoms with E-state index in [4.69, 9.17) is 12.2 Å². The van der Waals surface area contributed by atoms with Crippen LogP contribution in [-0.2, 0) is 0 Å². The van der Waals surface area contributed by atoms with Gasteiger partial charge in [0, 0.05) is 11.4 Å². The summed E-state index contributed by atoms with van der Waals surface area (Å²) < 4.78 is 0. The molecule has 1 aliphatic carbocycles. The van der Waals surface area contributed by atoms with Crippen LogP contribution >= 0.6 is 12.2 Å². The fourth-order valence-electron chi connectivity index (χ4n) is 4.32. The van der Waals surface area contributed by atoms with Crippen molar-refractivity contribution >= 4 is 28.7 Å². The molecule has 4 rings (SSSR count). The van der Waals surface area contributed by atoms with Crippen molar-refractivity contribution in [2.45, 2.75) is 51.6 Å². The van der Waals surface area contributed by atoms with Crippen LogP contribution in [0.2, 0.25) is 0 Å². The molecule has 2 nitrogen and oxygen atoms in total. The molecule has 2 aromatic carbocycles. The van der Waals surface area contributed by atoms with Crippen LogP contribution in [0.15, 0.2) is 48.5 Å². The van der Waals surface area contributed by atoms with Crippen LogP contribution < -0.4 is 9.80 Å². The first kappa shape index (κ1) is 15.6. The second-order valence-electron chi connectivity index (χ2n) is 7.01. The molecule has 1 heterocycles. The van der Waals surface area contributed by atoms with Crippen LogP contribution in [0.5, 0.6) is 0 Å². The van der Waals surface area contributed by atoms with Gasteiger partial charge < -0.3 is 9.80 Å². The van der Waals surface area contributed by atoms with Gasteiger partial charge in [-0.25, -0.2) is 0 Å². The average Bonchev–Trinajstić information content (AvgIpc) is 2.88. The lowest BCUT2D eigenvalue weighted by Crippen LogP contribution is -2.40. The largest absolute Gasteiger partial charge is 0.313 e. The minimum absolute atomic E-state index is 0.493. The molecule has 124 valence electrons. The summed E-state index contributed by atoms with van der Waals surface area (Å²) in [5.41, 5.74) is 5.15. The molecule has 1 saturated carbocycles. The Kier molecular flexibility index (Phi) is 4.05. The number of aryl methyl sites for hydroxylation is 2. The normalized spacial score (nSPS) is 23.5. The zero-order valence-electron chi connectivity index (χ0n) is 14.4. The molecule has 0 N–H and O–H groups in total. The second kappa shape index (κ2) is 6.21. The molecule has 0 bridgehead atoms.